The van der Waals surface area contributed by atoms with E-state index in [0.29, 0.717) is 16.8 Å². The Bertz CT molecular complexity index is 329. The Kier molecular flexibility index (Phi) is 2.73. The van der Waals surface area contributed by atoms with Gasteiger partial charge in [-0.15, -0.1) is 11.6 Å². The average Bonchev–Trinajstić information content (AvgIpc) is 2.86. The van der Waals surface area contributed by atoms with Gasteiger partial charge in [-0.1, -0.05) is 23.2 Å². The molecule has 0 bridgehead atoms. The number of alkyl halides is 1. The molecule has 69 valence electrons. The van der Waals surface area contributed by atoms with Gasteiger partial charge in [0.05, 0.1) is 5.02 Å². The Morgan fingerprint density at radius 3 is 2.62 bits per heavy atom. The molecule has 1 aliphatic carbocycles. The first-order valence-corrected chi connectivity index (χ1v) is 5.47. The lowest BCUT2D eigenvalue weighted by molar-refractivity contribution is 1.09. The van der Waals surface area contributed by atoms with E-state index in [9.17, 15) is 0 Å². The molecule has 0 aromatic heterocycles. The second-order valence-corrected chi connectivity index (χ2v) is 4.35. The minimum Gasteiger partial charge on any atom is -0.122 e. The van der Waals surface area contributed by atoms with Crippen molar-refractivity contribution < 1.29 is 0 Å². The maximum absolute atomic E-state index is 6.09. The van der Waals surface area contributed by atoms with Crippen LogP contribution in [0.25, 0.3) is 0 Å². The van der Waals surface area contributed by atoms with Gasteiger partial charge in [-0.3, -0.25) is 0 Å². The molecule has 0 aliphatic heterocycles. The van der Waals surface area contributed by atoms with Crippen molar-refractivity contribution in [2.45, 2.75) is 24.6 Å². The van der Waals surface area contributed by atoms with Crippen molar-refractivity contribution in [2.24, 2.45) is 0 Å². The largest absolute Gasteiger partial charge is 0.122 e. The van der Waals surface area contributed by atoms with E-state index in [1.807, 2.05) is 0 Å². The molecule has 3 heteroatoms. The summed E-state index contributed by atoms with van der Waals surface area (Å²) in [5.41, 5.74) is 2.11. The molecule has 1 aliphatic rings. The Morgan fingerprint density at radius 1 is 1.38 bits per heavy atom. The summed E-state index contributed by atoms with van der Waals surface area (Å²) in [6.07, 6.45) is 2.41. The van der Waals surface area contributed by atoms with Crippen molar-refractivity contribution in [3.8, 4) is 0 Å². The Morgan fingerprint density at radius 2 is 2.08 bits per heavy atom. The van der Waals surface area contributed by atoms with E-state index in [1.165, 1.54) is 12.8 Å². The Hall–Kier alpha value is 0.0900. The highest BCUT2D eigenvalue weighted by Gasteiger charge is 2.28. The molecule has 0 saturated heterocycles. The maximum atomic E-state index is 6.09. The van der Waals surface area contributed by atoms with Crippen LogP contribution < -0.4 is 0 Å². The summed E-state index contributed by atoms with van der Waals surface area (Å²) in [6, 6.07) is 4.78. The van der Waals surface area contributed by atoms with Crippen LogP contribution in [0.4, 0.5) is 0 Å². The van der Waals surface area contributed by atoms with Crippen LogP contribution in [-0.4, -0.2) is 0 Å². The van der Waals surface area contributed by atoms with Crippen LogP contribution >= 0.6 is 34.8 Å². The lowest BCUT2D eigenvalue weighted by Gasteiger charge is -2.08. The molecule has 1 radical (unpaired) electrons. The fraction of sp³-hybridized carbons (Fsp3) is 0.400. The van der Waals surface area contributed by atoms with Crippen molar-refractivity contribution in [3.63, 3.8) is 0 Å². The zero-order valence-electron chi connectivity index (χ0n) is 6.91. The second-order valence-electron chi connectivity index (χ2n) is 3.27. The second kappa shape index (κ2) is 3.68. The molecule has 0 heterocycles. The quantitative estimate of drug-likeness (QED) is 0.665. The van der Waals surface area contributed by atoms with Crippen molar-refractivity contribution in [1.29, 1.82) is 0 Å². The molecule has 1 fully saturated rings. The summed E-state index contributed by atoms with van der Waals surface area (Å²) in [7, 11) is 0. The van der Waals surface area contributed by atoms with Crippen LogP contribution in [0.2, 0.25) is 10.0 Å². The fourth-order valence-corrected chi connectivity index (χ4v) is 2.37. The first kappa shape index (κ1) is 9.64. The SMILES string of the molecule is ClCc1[c]c(Cl)cc(Cl)c1C1CC1. The summed E-state index contributed by atoms with van der Waals surface area (Å²) in [6.45, 7) is 0. The lowest BCUT2D eigenvalue weighted by Crippen LogP contribution is -1.91. The van der Waals surface area contributed by atoms with E-state index in [1.54, 1.807) is 6.07 Å². The minimum absolute atomic E-state index is 0.437. The summed E-state index contributed by atoms with van der Waals surface area (Å²) >= 11 is 17.7. The van der Waals surface area contributed by atoms with Gasteiger partial charge in [0.1, 0.15) is 0 Å². The summed E-state index contributed by atoms with van der Waals surface area (Å²) in [5.74, 6) is 1.03. The number of benzene rings is 1. The van der Waals surface area contributed by atoms with Gasteiger partial charge in [0, 0.05) is 17.0 Å². The smallest absolute Gasteiger partial charge is 0.0503 e. The van der Waals surface area contributed by atoms with Gasteiger partial charge in [-0.2, -0.15) is 0 Å². The maximum Gasteiger partial charge on any atom is 0.0503 e. The van der Waals surface area contributed by atoms with Crippen molar-refractivity contribution in [2.75, 3.05) is 0 Å². The summed E-state index contributed by atoms with van der Waals surface area (Å²) < 4.78 is 0. The predicted octanol–water partition coefficient (Wildman–Crippen LogP) is 4.41. The third kappa shape index (κ3) is 1.96. The van der Waals surface area contributed by atoms with Gasteiger partial charge < -0.3 is 0 Å². The number of rotatable bonds is 2. The number of halogens is 3. The molecule has 13 heavy (non-hydrogen) atoms. The standard InChI is InChI=1S/C10H8Cl3/c11-5-7-3-8(12)4-9(13)10(7)6-1-2-6/h4,6H,1-2,5H2. The van der Waals surface area contributed by atoms with Crippen molar-refractivity contribution >= 4 is 34.8 Å². The minimum atomic E-state index is 0.437. The molecular formula is C10H8Cl3. The van der Waals surface area contributed by atoms with Gasteiger partial charge in [0.15, 0.2) is 0 Å². The molecule has 0 unspecified atom stereocenters. The number of hydrogen-bond acceptors (Lipinski definition) is 0. The fourth-order valence-electron chi connectivity index (χ4n) is 1.50. The molecule has 0 nitrogen and oxygen atoms in total. The normalized spacial score (nSPS) is 16.2. The predicted molar refractivity (Wildman–Crippen MR) is 56.8 cm³/mol. The van der Waals surface area contributed by atoms with Gasteiger partial charge >= 0.3 is 0 Å². The van der Waals surface area contributed by atoms with Crippen LogP contribution in [0.1, 0.15) is 29.9 Å². The third-order valence-electron chi connectivity index (χ3n) is 2.23. The zero-order chi connectivity index (χ0) is 9.42. The molecule has 2 rings (SSSR count). The van der Waals surface area contributed by atoms with E-state index < -0.39 is 0 Å². The van der Waals surface area contributed by atoms with Gasteiger partial charge in [-0.25, -0.2) is 0 Å². The first-order chi connectivity index (χ1) is 6.22. The lowest BCUT2D eigenvalue weighted by atomic mass is 10.0. The zero-order valence-corrected chi connectivity index (χ0v) is 9.18. The molecule has 1 aromatic rings. The van der Waals surface area contributed by atoms with Gasteiger partial charge in [0.25, 0.3) is 0 Å². The average molecular weight is 235 g/mol. The highest BCUT2D eigenvalue weighted by Crippen LogP contribution is 2.45. The molecule has 0 atom stereocenters. The number of hydrogen-bond donors (Lipinski definition) is 0. The topological polar surface area (TPSA) is 0 Å². The van der Waals surface area contributed by atoms with Gasteiger partial charge in [0.2, 0.25) is 0 Å². The Balaban J connectivity index is 2.50. The summed E-state index contributed by atoms with van der Waals surface area (Å²) in [4.78, 5) is 0. The van der Waals surface area contributed by atoms with Crippen LogP contribution in [0.5, 0.6) is 0 Å². The van der Waals surface area contributed by atoms with Crippen LogP contribution in [-0.2, 0) is 5.88 Å². The third-order valence-corrected chi connectivity index (χ3v) is 3.01. The van der Waals surface area contributed by atoms with E-state index in [-0.39, 0.29) is 0 Å². The van der Waals surface area contributed by atoms with E-state index >= 15 is 0 Å². The van der Waals surface area contributed by atoms with Crippen LogP contribution in [0.3, 0.4) is 0 Å². The van der Waals surface area contributed by atoms with Crippen LogP contribution in [0, 0.1) is 6.07 Å². The van der Waals surface area contributed by atoms with Gasteiger partial charge in [-0.05, 0) is 36.0 Å². The highest BCUT2D eigenvalue weighted by atomic mass is 35.5. The Labute approximate surface area is 92.8 Å². The first-order valence-electron chi connectivity index (χ1n) is 4.18. The van der Waals surface area contributed by atoms with E-state index in [4.69, 9.17) is 34.8 Å². The molecule has 1 aromatic carbocycles. The van der Waals surface area contributed by atoms with E-state index in [2.05, 4.69) is 6.07 Å². The highest BCUT2D eigenvalue weighted by molar-refractivity contribution is 6.35. The van der Waals surface area contributed by atoms with Crippen LogP contribution in [0.15, 0.2) is 6.07 Å². The van der Waals surface area contributed by atoms with E-state index in [0.717, 1.165) is 16.1 Å². The monoisotopic (exact) mass is 233 g/mol. The molecule has 1 saturated carbocycles. The molecular weight excluding hydrogens is 226 g/mol. The molecule has 0 amide bonds. The summed E-state index contributed by atoms with van der Waals surface area (Å²) in [5, 5.41) is 1.28. The molecule has 0 spiro atoms. The molecule has 0 N–H and O–H groups in total. The van der Waals surface area contributed by atoms with Crippen molar-refractivity contribution in [1.82, 2.24) is 0 Å². The van der Waals surface area contributed by atoms with Crippen molar-refractivity contribution in [3.05, 3.63) is 33.3 Å².